The Hall–Kier alpha value is -7.07. The zero-order chi connectivity index (χ0) is 59.4. The average Bonchev–Trinajstić information content (AvgIpc) is 3.85. The van der Waals surface area contributed by atoms with Gasteiger partial charge in [-0.05, 0) is 113 Å². The molecule has 79 heavy (non-hydrogen) atoms. The second-order valence-corrected chi connectivity index (χ2v) is 22.3. The minimum Gasteiger partial charge on any atom is -0.481 e. The van der Waals surface area contributed by atoms with Crippen molar-refractivity contribution in [3.63, 3.8) is 0 Å². The number of aromatic nitrogens is 6. The number of ether oxygens (including phenoxy) is 3. The highest BCUT2D eigenvalue weighted by Crippen LogP contribution is 2.37. The van der Waals surface area contributed by atoms with Crippen molar-refractivity contribution in [2.24, 2.45) is 5.73 Å². The molecule has 4 aromatic rings. The Morgan fingerprint density at radius 3 is 2.04 bits per heavy atom. The number of hydrogen-bond donors (Lipinski definition) is 7. The van der Waals surface area contributed by atoms with Crippen molar-refractivity contribution >= 4 is 117 Å². The quantitative estimate of drug-likeness (QED) is 0.0268. The number of benzene rings is 1. The molecule has 5 amide bonds. The van der Waals surface area contributed by atoms with Gasteiger partial charge in [-0.3, -0.25) is 29.1 Å². The number of esters is 1. The lowest BCUT2D eigenvalue weighted by Gasteiger charge is -2.16. The summed E-state index contributed by atoms with van der Waals surface area (Å²) in [6, 6.07) is 6.87. The highest BCUT2D eigenvalue weighted by Gasteiger charge is 2.40. The van der Waals surface area contributed by atoms with Crippen molar-refractivity contribution < 1.29 is 66.0 Å². The van der Waals surface area contributed by atoms with E-state index in [2.05, 4.69) is 45.9 Å². The number of amides is 5. The Balaban J connectivity index is 0.000000296. The third-order valence-corrected chi connectivity index (χ3v) is 13.3. The van der Waals surface area contributed by atoms with E-state index in [-0.39, 0.29) is 70.6 Å². The maximum Gasteiger partial charge on any atom is 0.349 e. The molecular weight excluding hydrogens is 1140 g/mol. The summed E-state index contributed by atoms with van der Waals surface area (Å²) >= 11 is 17.9. The molecule has 430 valence electrons. The van der Waals surface area contributed by atoms with Crippen LogP contribution in [-0.4, -0.2) is 155 Å². The third kappa shape index (κ3) is 20.9. The molecule has 1 aliphatic carbocycles. The number of nitrogens with one attached hydrogen (secondary N) is 4. The van der Waals surface area contributed by atoms with Crippen molar-refractivity contribution in [2.45, 2.75) is 76.9 Å². The van der Waals surface area contributed by atoms with E-state index in [1.54, 1.807) is 29.8 Å². The number of imide groups is 1. The maximum atomic E-state index is 12.7. The fourth-order valence-corrected chi connectivity index (χ4v) is 8.84. The number of nitrogens with zero attached hydrogens (tertiary/aromatic N) is 8. The number of aliphatic carboxylic acids is 1. The van der Waals surface area contributed by atoms with Crippen LogP contribution in [0.25, 0.3) is 6.08 Å². The molecule has 1 aromatic carbocycles. The van der Waals surface area contributed by atoms with Crippen LogP contribution in [0.2, 0.25) is 10.3 Å². The number of carbonyl (C=O) groups excluding carboxylic acids is 5. The Morgan fingerprint density at radius 1 is 0.924 bits per heavy atom. The van der Waals surface area contributed by atoms with Crippen LogP contribution in [-0.2, 0) is 38.5 Å². The summed E-state index contributed by atoms with van der Waals surface area (Å²) < 4.78 is 52.2. The van der Waals surface area contributed by atoms with E-state index in [0.29, 0.717) is 52.2 Å². The van der Waals surface area contributed by atoms with Gasteiger partial charge in [-0.25, -0.2) is 24.2 Å². The molecule has 0 fully saturated rings. The Kier molecular flexibility index (Phi) is 25.9. The fraction of sp³-hybridized carbons (Fsp3) is 0.404. The summed E-state index contributed by atoms with van der Waals surface area (Å²) in [5, 5.41) is 16.3. The fourth-order valence-electron chi connectivity index (χ4n) is 6.54. The van der Waals surface area contributed by atoms with Crippen molar-refractivity contribution in [2.75, 3.05) is 75.1 Å². The van der Waals surface area contributed by atoms with Gasteiger partial charge in [-0.2, -0.15) is 33.3 Å². The van der Waals surface area contributed by atoms with Gasteiger partial charge < -0.3 is 45.5 Å². The number of urea groups is 1. The van der Waals surface area contributed by atoms with Gasteiger partial charge in [0.05, 0.1) is 38.1 Å². The van der Waals surface area contributed by atoms with Gasteiger partial charge in [-0.1, -0.05) is 23.2 Å². The number of sulfonamides is 1. The molecular formula is C47H61Cl3N13O14PS. The number of anilines is 4. The number of hydrogen-bond acceptors (Lipinski definition) is 21. The van der Waals surface area contributed by atoms with Crippen molar-refractivity contribution in [1.82, 2.24) is 39.5 Å². The predicted octanol–water partition coefficient (Wildman–Crippen LogP) is 5.79. The van der Waals surface area contributed by atoms with Crippen LogP contribution in [0.3, 0.4) is 0 Å². The molecule has 6 rings (SSSR count). The smallest absolute Gasteiger partial charge is 0.349 e. The van der Waals surface area contributed by atoms with E-state index in [9.17, 15) is 41.8 Å². The lowest BCUT2D eigenvalue weighted by atomic mass is 9.93. The lowest BCUT2D eigenvalue weighted by Crippen LogP contribution is -2.36. The lowest BCUT2D eigenvalue weighted by molar-refractivity contribution is -0.139. The number of carboxylic acid groups (broad SMARTS) is 1. The molecule has 2 unspecified atom stereocenters. The van der Waals surface area contributed by atoms with E-state index >= 15 is 0 Å². The van der Waals surface area contributed by atoms with Crippen LogP contribution in [0.15, 0.2) is 63.8 Å². The summed E-state index contributed by atoms with van der Waals surface area (Å²) in [5.74, 6) is -2.03. The van der Waals surface area contributed by atoms with Crippen LogP contribution < -0.4 is 40.8 Å². The van der Waals surface area contributed by atoms with Crippen LogP contribution in [0, 0.1) is 0 Å². The largest absolute Gasteiger partial charge is 0.481 e. The van der Waals surface area contributed by atoms with E-state index in [0.717, 1.165) is 19.4 Å². The number of pyridine rings is 1. The van der Waals surface area contributed by atoms with Gasteiger partial charge in [0, 0.05) is 61.9 Å². The van der Waals surface area contributed by atoms with Crippen LogP contribution in [0.5, 0.6) is 11.8 Å². The highest BCUT2D eigenvalue weighted by molar-refractivity contribution is 7.90. The van der Waals surface area contributed by atoms with Gasteiger partial charge in [0.15, 0.2) is 12.4 Å². The number of methoxy groups -OCH3 is 2. The van der Waals surface area contributed by atoms with E-state index in [1.807, 2.05) is 20.8 Å². The zero-order valence-corrected chi connectivity index (χ0v) is 48.3. The van der Waals surface area contributed by atoms with Crippen LogP contribution in [0.1, 0.15) is 75.7 Å². The van der Waals surface area contributed by atoms with E-state index in [4.69, 9.17) is 64.7 Å². The summed E-state index contributed by atoms with van der Waals surface area (Å²) in [5.41, 5.74) is 6.95. The van der Waals surface area contributed by atoms with Crippen molar-refractivity contribution in [1.29, 1.82) is 0 Å². The molecule has 4 heterocycles. The number of halogens is 3. The SMILES string of the molecule is CCNc1nc(Cl)nc(NC(C)C)n1.CCOC(=O)/C(Cl)=C/c1cc(N2C(=O)C3=C(CCCC3)C2=O)ccc1Cl.COc1cc(OC)nc(NC(=O)NS(=O)(=O)c2ncccc2C(=O)N(C)C)n1.CP(=O)(O)CCC(N)C(=O)O. The van der Waals surface area contributed by atoms with Gasteiger partial charge in [0.1, 0.15) is 11.1 Å². The normalized spacial score (nSPS) is 14.1. The third-order valence-electron chi connectivity index (χ3n) is 10.1. The second kappa shape index (κ2) is 30.9. The first kappa shape index (κ1) is 66.2. The molecule has 27 nitrogen and oxygen atoms in total. The first-order chi connectivity index (χ1) is 37.0. The summed E-state index contributed by atoms with van der Waals surface area (Å²) in [4.78, 5) is 106. The number of nitrogens with two attached hydrogens (primary N) is 1. The van der Waals surface area contributed by atoms with Gasteiger partial charge in [0.25, 0.3) is 27.7 Å². The monoisotopic (exact) mass is 1200 g/mol. The number of carbonyl (C=O) groups is 6. The van der Waals surface area contributed by atoms with E-state index in [1.165, 1.54) is 75.3 Å². The highest BCUT2D eigenvalue weighted by atomic mass is 35.5. The average molecular weight is 1200 g/mol. The molecule has 1 aliphatic heterocycles. The van der Waals surface area contributed by atoms with Gasteiger partial charge >= 0.3 is 18.0 Å². The predicted molar refractivity (Wildman–Crippen MR) is 295 cm³/mol. The first-order valence-corrected chi connectivity index (χ1v) is 28.6. The number of rotatable bonds is 18. The molecule has 0 spiro atoms. The van der Waals surface area contributed by atoms with Crippen molar-refractivity contribution in [3.05, 3.63) is 80.2 Å². The minimum atomic E-state index is -4.46. The molecule has 0 radical (unpaired) electrons. The maximum absolute atomic E-state index is 12.7. The molecule has 2 aliphatic rings. The molecule has 2 atom stereocenters. The van der Waals surface area contributed by atoms with Crippen LogP contribution in [0.4, 0.5) is 28.3 Å². The second-order valence-electron chi connectivity index (χ2n) is 17.0. The molecule has 0 saturated heterocycles. The Bertz CT molecular complexity index is 3040. The molecule has 32 heteroatoms. The van der Waals surface area contributed by atoms with Crippen molar-refractivity contribution in [3.8, 4) is 11.8 Å². The van der Waals surface area contributed by atoms with Gasteiger partial charge in [0.2, 0.25) is 34.9 Å². The van der Waals surface area contributed by atoms with Gasteiger partial charge in [-0.15, -0.1) is 0 Å². The molecule has 8 N–H and O–H groups in total. The zero-order valence-electron chi connectivity index (χ0n) is 44.4. The molecule has 0 saturated carbocycles. The first-order valence-electron chi connectivity index (χ1n) is 23.7. The topological polar surface area (TPSA) is 380 Å². The summed E-state index contributed by atoms with van der Waals surface area (Å²) in [6.45, 7) is 9.78. The number of carboxylic acids is 1. The Labute approximate surface area is 470 Å². The standard InChI is InChI=1S/C19H17Cl2NO4.C15H18N6O6S.C8H14ClN5.C5H12NO4P/c1-2-26-19(25)16(21)10-11-9-12(7-8-15(11)20)22-17(23)13-5-3-4-6-14(13)18(22)24;1-21(2)13(22)9-6-5-7-16-12(9)28(24,25)20-15(23)19-14-17-10(26-3)8-11(18-14)27-4;1-4-10-7-12-6(9)13-8(14-7)11-5(2)3;1-11(9,10)3-2-4(6)5(7)8/h7-10H,2-6H2,1H3;5-8H,1-4H3,(H2,17,18,19,20,23);5H,4H2,1-3H3,(H2,10,11,12,13,14);4H,2-3,6H2,1H3,(H,7,8)(H,9,10)/b16-10-;;;. The summed E-state index contributed by atoms with van der Waals surface area (Å²) in [7, 11) is -1.95. The molecule has 3 aromatic heterocycles. The van der Waals surface area contributed by atoms with E-state index < -0.39 is 52.3 Å². The minimum absolute atomic E-state index is 0.0412. The Morgan fingerprint density at radius 2 is 1.52 bits per heavy atom. The van der Waals surface area contributed by atoms with Crippen LogP contribution >= 0.6 is 42.2 Å². The summed E-state index contributed by atoms with van der Waals surface area (Å²) in [6.07, 6.45) is 5.64. The molecule has 0 bridgehead atoms.